The largest absolute Gasteiger partial charge is 0.347 e. The summed E-state index contributed by atoms with van der Waals surface area (Å²) in [6.07, 6.45) is 0.308. The Balaban J connectivity index is 1.79. The summed E-state index contributed by atoms with van der Waals surface area (Å²) in [5.74, 6) is -0.393. The molecule has 0 aliphatic heterocycles. The second-order valence-electron chi connectivity index (χ2n) is 4.55. The minimum atomic E-state index is -0.240. The minimum absolute atomic E-state index is 0.0285. The van der Waals surface area contributed by atoms with Crippen LogP contribution < -0.4 is 10.6 Å². The monoisotopic (exact) mass is 366 g/mol. The number of halogens is 1. The second-order valence-corrected chi connectivity index (χ2v) is 6.43. The molecule has 110 valence electrons. The van der Waals surface area contributed by atoms with E-state index in [0.717, 1.165) is 14.9 Å². The van der Waals surface area contributed by atoms with Gasteiger partial charge in [-0.1, -0.05) is 22.0 Å². The summed E-state index contributed by atoms with van der Waals surface area (Å²) in [5.41, 5.74) is 1.75. The summed E-state index contributed by atoms with van der Waals surface area (Å²) in [7, 11) is 0. The van der Waals surface area contributed by atoms with Crippen molar-refractivity contribution in [2.24, 2.45) is 0 Å². The van der Waals surface area contributed by atoms with Crippen molar-refractivity contribution in [3.63, 3.8) is 0 Å². The summed E-state index contributed by atoms with van der Waals surface area (Å²) in [5, 5.41) is 7.29. The molecule has 0 radical (unpaired) electrons. The Kier molecular flexibility index (Phi) is 5.52. The lowest BCUT2D eigenvalue weighted by molar-refractivity contribution is -0.123. The van der Waals surface area contributed by atoms with Crippen LogP contribution in [0.5, 0.6) is 0 Å². The summed E-state index contributed by atoms with van der Waals surface area (Å²) >= 11 is 4.93. The maximum Gasteiger partial charge on any atom is 0.243 e. The molecule has 0 saturated heterocycles. The van der Waals surface area contributed by atoms with Crippen LogP contribution in [-0.4, -0.2) is 18.4 Å². The van der Waals surface area contributed by atoms with Crippen LogP contribution in [0.3, 0.4) is 0 Å². The number of hydrogen-bond donors (Lipinski definition) is 2. The topological polar surface area (TPSA) is 58.2 Å². The Hall–Kier alpha value is -1.66. The molecule has 2 rings (SSSR count). The van der Waals surface area contributed by atoms with Gasteiger partial charge >= 0.3 is 0 Å². The summed E-state index contributed by atoms with van der Waals surface area (Å²) in [6.45, 7) is 1.92. The van der Waals surface area contributed by atoms with Crippen molar-refractivity contribution in [2.45, 2.75) is 13.3 Å². The first kappa shape index (κ1) is 15.7. The van der Waals surface area contributed by atoms with Crippen LogP contribution >= 0.6 is 27.3 Å². The second kappa shape index (κ2) is 7.38. The normalized spacial score (nSPS) is 10.2. The number of amides is 2. The maximum absolute atomic E-state index is 11.8. The molecule has 1 aromatic carbocycles. The highest BCUT2D eigenvalue weighted by Crippen LogP contribution is 2.19. The van der Waals surface area contributed by atoms with Gasteiger partial charge in [-0.3, -0.25) is 9.59 Å². The van der Waals surface area contributed by atoms with Crippen LogP contribution in [0.2, 0.25) is 0 Å². The highest BCUT2D eigenvalue weighted by molar-refractivity contribution is 9.10. The average molecular weight is 367 g/mol. The molecule has 0 spiro atoms. The first-order chi connectivity index (χ1) is 10.0. The first-order valence-corrected chi connectivity index (χ1v) is 8.07. The lowest BCUT2D eigenvalue weighted by atomic mass is 10.2. The third kappa shape index (κ3) is 4.99. The van der Waals surface area contributed by atoms with E-state index in [1.807, 2.05) is 42.6 Å². The number of aryl methyl sites for hydroxylation is 1. The van der Waals surface area contributed by atoms with Gasteiger partial charge in [-0.05, 0) is 42.1 Å². The fourth-order valence-electron chi connectivity index (χ4n) is 1.74. The number of anilines is 1. The van der Waals surface area contributed by atoms with Gasteiger partial charge < -0.3 is 10.6 Å². The SMILES string of the molecule is Cc1cc(NC(=O)CNC(=O)Cc2cccs2)ccc1Br. The fraction of sp³-hybridized carbons (Fsp3) is 0.200. The average Bonchev–Trinajstić information content (AvgIpc) is 2.93. The molecule has 0 aliphatic carbocycles. The lowest BCUT2D eigenvalue weighted by Gasteiger charge is -2.08. The van der Waals surface area contributed by atoms with Crippen molar-refractivity contribution in [3.8, 4) is 0 Å². The molecule has 1 aromatic heterocycles. The molecule has 1 heterocycles. The van der Waals surface area contributed by atoms with Gasteiger partial charge in [0.1, 0.15) is 0 Å². The summed E-state index contributed by atoms with van der Waals surface area (Å²) in [6, 6.07) is 9.35. The highest BCUT2D eigenvalue weighted by atomic mass is 79.9. The van der Waals surface area contributed by atoms with Gasteiger partial charge in [0.05, 0.1) is 13.0 Å². The van der Waals surface area contributed by atoms with Gasteiger partial charge in [0.15, 0.2) is 0 Å². The zero-order valence-corrected chi connectivity index (χ0v) is 13.9. The molecule has 0 bridgehead atoms. The zero-order chi connectivity index (χ0) is 15.2. The molecule has 21 heavy (non-hydrogen) atoms. The van der Waals surface area contributed by atoms with Crippen LogP contribution in [0.4, 0.5) is 5.69 Å². The van der Waals surface area contributed by atoms with Gasteiger partial charge in [0, 0.05) is 15.0 Å². The molecule has 0 saturated carbocycles. The van der Waals surface area contributed by atoms with Gasteiger partial charge in [-0.25, -0.2) is 0 Å². The standard InChI is InChI=1S/C15H15BrN2O2S/c1-10-7-11(4-5-13(10)16)18-15(20)9-17-14(19)8-12-3-2-6-21-12/h2-7H,8-9H2,1H3,(H,17,19)(H,18,20). The van der Waals surface area contributed by atoms with E-state index in [1.54, 1.807) is 0 Å². The Morgan fingerprint density at radius 3 is 2.71 bits per heavy atom. The summed E-state index contributed by atoms with van der Waals surface area (Å²) < 4.78 is 0.991. The van der Waals surface area contributed by atoms with Crippen molar-refractivity contribution >= 4 is 44.8 Å². The van der Waals surface area contributed by atoms with Crippen LogP contribution in [-0.2, 0) is 16.0 Å². The minimum Gasteiger partial charge on any atom is -0.347 e. The highest BCUT2D eigenvalue weighted by Gasteiger charge is 2.08. The van der Waals surface area contributed by atoms with Gasteiger partial charge in [0.2, 0.25) is 11.8 Å². The molecule has 2 N–H and O–H groups in total. The van der Waals surface area contributed by atoms with E-state index in [4.69, 9.17) is 0 Å². The van der Waals surface area contributed by atoms with Crippen molar-refractivity contribution < 1.29 is 9.59 Å². The van der Waals surface area contributed by atoms with E-state index in [0.29, 0.717) is 12.1 Å². The fourth-order valence-corrected chi connectivity index (χ4v) is 2.69. The molecular weight excluding hydrogens is 352 g/mol. The molecule has 0 aliphatic rings. The quantitative estimate of drug-likeness (QED) is 0.853. The van der Waals surface area contributed by atoms with E-state index in [2.05, 4.69) is 26.6 Å². The van der Waals surface area contributed by atoms with Crippen molar-refractivity contribution in [1.82, 2.24) is 5.32 Å². The number of rotatable bonds is 5. The number of hydrogen-bond acceptors (Lipinski definition) is 3. The zero-order valence-electron chi connectivity index (χ0n) is 11.5. The third-order valence-corrected chi connectivity index (χ3v) is 4.57. The predicted octanol–water partition coefficient (Wildman–Crippen LogP) is 3.12. The first-order valence-electron chi connectivity index (χ1n) is 6.39. The Morgan fingerprint density at radius 2 is 2.05 bits per heavy atom. The van der Waals surface area contributed by atoms with E-state index in [1.165, 1.54) is 11.3 Å². The molecule has 2 amide bonds. The van der Waals surface area contributed by atoms with Crippen molar-refractivity contribution in [2.75, 3.05) is 11.9 Å². The number of carbonyl (C=O) groups is 2. The van der Waals surface area contributed by atoms with Gasteiger partial charge in [-0.2, -0.15) is 0 Å². The predicted molar refractivity (Wildman–Crippen MR) is 88.5 cm³/mol. The third-order valence-electron chi connectivity index (χ3n) is 2.80. The molecule has 0 atom stereocenters. The van der Waals surface area contributed by atoms with Crippen LogP contribution in [0.1, 0.15) is 10.4 Å². The van der Waals surface area contributed by atoms with Gasteiger partial charge in [0.25, 0.3) is 0 Å². The molecule has 2 aromatic rings. The smallest absolute Gasteiger partial charge is 0.243 e. The van der Waals surface area contributed by atoms with E-state index in [-0.39, 0.29) is 18.4 Å². The van der Waals surface area contributed by atoms with Crippen molar-refractivity contribution in [1.29, 1.82) is 0 Å². The summed E-state index contributed by atoms with van der Waals surface area (Å²) in [4.78, 5) is 24.4. The maximum atomic E-state index is 11.8. The van der Waals surface area contributed by atoms with E-state index >= 15 is 0 Å². The lowest BCUT2D eigenvalue weighted by Crippen LogP contribution is -2.33. The number of thiophene rings is 1. The Bertz CT molecular complexity index is 641. The van der Waals surface area contributed by atoms with Crippen molar-refractivity contribution in [3.05, 3.63) is 50.6 Å². The number of carbonyl (C=O) groups excluding carboxylic acids is 2. The molecule has 6 heteroatoms. The number of nitrogens with one attached hydrogen (secondary N) is 2. The molecule has 0 fully saturated rings. The van der Waals surface area contributed by atoms with Crippen LogP contribution in [0, 0.1) is 6.92 Å². The number of benzene rings is 1. The van der Waals surface area contributed by atoms with Gasteiger partial charge in [-0.15, -0.1) is 11.3 Å². The molecular formula is C15H15BrN2O2S. The van der Waals surface area contributed by atoms with E-state index < -0.39 is 0 Å². The van der Waals surface area contributed by atoms with E-state index in [9.17, 15) is 9.59 Å². The Labute approximate surface area is 135 Å². The van der Waals surface area contributed by atoms with Crippen LogP contribution in [0.25, 0.3) is 0 Å². The van der Waals surface area contributed by atoms with Crippen LogP contribution in [0.15, 0.2) is 40.2 Å². The Morgan fingerprint density at radius 1 is 1.24 bits per heavy atom. The molecule has 4 nitrogen and oxygen atoms in total. The molecule has 0 unspecified atom stereocenters.